The zero-order valence-electron chi connectivity index (χ0n) is 8.16. The van der Waals surface area contributed by atoms with E-state index in [0.29, 0.717) is 11.4 Å². The van der Waals surface area contributed by atoms with Gasteiger partial charge in [-0.25, -0.2) is 4.79 Å². The van der Waals surface area contributed by atoms with E-state index in [0.717, 1.165) is 18.5 Å². The SMILES string of the molecule is O=C(O)[C@]1(c2cccc(Cl)c2)CCCN1. The molecule has 0 saturated carbocycles. The molecule has 1 atom stereocenters. The van der Waals surface area contributed by atoms with Crippen molar-refractivity contribution in [2.45, 2.75) is 18.4 Å². The highest BCUT2D eigenvalue weighted by Gasteiger charge is 2.42. The topological polar surface area (TPSA) is 49.3 Å². The Morgan fingerprint density at radius 2 is 2.33 bits per heavy atom. The summed E-state index contributed by atoms with van der Waals surface area (Å²) in [6.07, 6.45) is 1.49. The number of rotatable bonds is 2. The third kappa shape index (κ3) is 1.73. The molecule has 1 aliphatic heterocycles. The van der Waals surface area contributed by atoms with Gasteiger partial charge < -0.3 is 5.11 Å². The lowest BCUT2D eigenvalue weighted by Crippen LogP contribution is -2.44. The van der Waals surface area contributed by atoms with Crippen molar-refractivity contribution in [2.75, 3.05) is 6.54 Å². The Bertz CT molecular complexity index is 386. The Balaban J connectivity index is 2.45. The van der Waals surface area contributed by atoms with Gasteiger partial charge in [0.05, 0.1) is 0 Å². The predicted molar refractivity (Wildman–Crippen MR) is 58.0 cm³/mol. The molecule has 1 saturated heterocycles. The van der Waals surface area contributed by atoms with Crippen LogP contribution in [0.15, 0.2) is 24.3 Å². The molecule has 0 bridgehead atoms. The fourth-order valence-electron chi connectivity index (χ4n) is 2.05. The molecule has 1 heterocycles. The molecular formula is C11H12ClNO2. The number of benzene rings is 1. The number of hydrogen-bond acceptors (Lipinski definition) is 2. The second-order valence-corrected chi connectivity index (χ2v) is 4.19. The molecule has 1 aromatic rings. The molecule has 2 N–H and O–H groups in total. The molecule has 0 aliphatic carbocycles. The third-order valence-corrected chi connectivity index (χ3v) is 3.07. The largest absolute Gasteiger partial charge is 0.480 e. The first-order valence-electron chi connectivity index (χ1n) is 4.90. The lowest BCUT2D eigenvalue weighted by molar-refractivity contribution is -0.144. The number of aliphatic carboxylic acids is 1. The highest BCUT2D eigenvalue weighted by Crippen LogP contribution is 2.32. The Labute approximate surface area is 93.1 Å². The molecule has 1 aromatic carbocycles. The fraction of sp³-hybridized carbons (Fsp3) is 0.364. The summed E-state index contributed by atoms with van der Waals surface area (Å²) < 4.78 is 0. The minimum absolute atomic E-state index is 0.571. The van der Waals surface area contributed by atoms with Crippen LogP contribution in [0.4, 0.5) is 0 Å². The summed E-state index contributed by atoms with van der Waals surface area (Å²) in [5.41, 5.74) is -0.203. The minimum atomic E-state index is -0.940. The van der Waals surface area contributed by atoms with E-state index in [1.54, 1.807) is 24.3 Å². The fourth-order valence-corrected chi connectivity index (χ4v) is 2.24. The summed E-state index contributed by atoms with van der Waals surface area (Å²) in [5, 5.41) is 12.9. The zero-order valence-corrected chi connectivity index (χ0v) is 8.92. The van der Waals surface area contributed by atoms with Crippen LogP contribution in [0.5, 0.6) is 0 Å². The van der Waals surface area contributed by atoms with Crippen LogP contribution in [-0.2, 0) is 10.3 Å². The zero-order chi connectivity index (χ0) is 10.9. The second-order valence-electron chi connectivity index (χ2n) is 3.75. The number of carboxylic acids is 1. The van der Waals surface area contributed by atoms with Gasteiger partial charge in [-0.1, -0.05) is 23.7 Å². The number of nitrogens with one attached hydrogen (secondary N) is 1. The first-order chi connectivity index (χ1) is 7.15. The normalized spacial score (nSPS) is 25.4. The van der Waals surface area contributed by atoms with Gasteiger partial charge in [0.1, 0.15) is 5.54 Å². The van der Waals surface area contributed by atoms with Crippen molar-refractivity contribution < 1.29 is 9.90 Å². The highest BCUT2D eigenvalue weighted by molar-refractivity contribution is 6.30. The van der Waals surface area contributed by atoms with Crippen molar-refractivity contribution in [2.24, 2.45) is 0 Å². The molecule has 4 heteroatoms. The van der Waals surface area contributed by atoms with Gasteiger partial charge in [0, 0.05) is 5.02 Å². The smallest absolute Gasteiger partial charge is 0.328 e. The Kier molecular flexibility index (Phi) is 2.67. The van der Waals surface area contributed by atoms with Gasteiger partial charge in [-0.05, 0) is 37.1 Å². The average molecular weight is 226 g/mol. The van der Waals surface area contributed by atoms with Gasteiger partial charge in [-0.2, -0.15) is 0 Å². The first kappa shape index (κ1) is 10.5. The van der Waals surface area contributed by atoms with Crippen LogP contribution in [0.3, 0.4) is 0 Å². The maximum absolute atomic E-state index is 11.3. The lowest BCUT2D eigenvalue weighted by atomic mass is 9.88. The van der Waals surface area contributed by atoms with Crippen LogP contribution < -0.4 is 5.32 Å². The minimum Gasteiger partial charge on any atom is -0.480 e. The van der Waals surface area contributed by atoms with Gasteiger partial charge in [-0.15, -0.1) is 0 Å². The molecule has 0 radical (unpaired) electrons. The molecule has 1 fully saturated rings. The summed E-state index contributed by atoms with van der Waals surface area (Å²) in [7, 11) is 0. The number of halogens is 1. The van der Waals surface area contributed by atoms with Crippen molar-refractivity contribution in [3.63, 3.8) is 0 Å². The number of carbonyl (C=O) groups is 1. The van der Waals surface area contributed by atoms with Gasteiger partial charge in [-0.3, -0.25) is 5.32 Å². The van der Waals surface area contributed by atoms with Crippen molar-refractivity contribution in [3.8, 4) is 0 Å². The van der Waals surface area contributed by atoms with E-state index >= 15 is 0 Å². The first-order valence-corrected chi connectivity index (χ1v) is 5.27. The van der Waals surface area contributed by atoms with E-state index in [2.05, 4.69) is 5.32 Å². The van der Waals surface area contributed by atoms with Crippen LogP contribution in [0.25, 0.3) is 0 Å². The Hall–Kier alpha value is -1.06. The summed E-state index contributed by atoms with van der Waals surface area (Å²) in [6, 6.07) is 7.05. The van der Waals surface area contributed by atoms with Gasteiger partial charge in [0.15, 0.2) is 0 Å². The molecule has 0 amide bonds. The predicted octanol–water partition coefficient (Wildman–Crippen LogP) is 2.00. The van der Waals surface area contributed by atoms with Crippen LogP contribution >= 0.6 is 11.6 Å². The van der Waals surface area contributed by atoms with Crippen molar-refractivity contribution >= 4 is 17.6 Å². The molecule has 80 valence electrons. The van der Waals surface area contributed by atoms with Crippen LogP contribution in [0, 0.1) is 0 Å². The molecule has 0 unspecified atom stereocenters. The quantitative estimate of drug-likeness (QED) is 0.810. The van der Waals surface area contributed by atoms with E-state index in [1.807, 2.05) is 0 Å². The maximum Gasteiger partial charge on any atom is 0.328 e. The van der Waals surface area contributed by atoms with Crippen molar-refractivity contribution in [1.29, 1.82) is 0 Å². The molecule has 0 spiro atoms. The van der Waals surface area contributed by atoms with E-state index in [-0.39, 0.29) is 0 Å². The highest BCUT2D eigenvalue weighted by atomic mass is 35.5. The number of hydrogen-bond donors (Lipinski definition) is 2. The molecule has 2 rings (SSSR count). The summed E-state index contributed by atoms with van der Waals surface area (Å²) in [6.45, 7) is 0.735. The van der Waals surface area contributed by atoms with Crippen molar-refractivity contribution in [1.82, 2.24) is 5.32 Å². The van der Waals surface area contributed by atoms with E-state index in [4.69, 9.17) is 11.6 Å². The number of carboxylic acid groups (broad SMARTS) is 1. The van der Waals surface area contributed by atoms with E-state index in [9.17, 15) is 9.90 Å². The van der Waals surface area contributed by atoms with Crippen LogP contribution in [-0.4, -0.2) is 17.6 Å². The second kappa shape index (κ2) is 3.83. The van der Waals surface area contributed by atoms with E-state index < -0.39 is 11.5 Å². The molecular weight excluding hydrogens is 214 g/mol. The van der Waals surface area contributed by atoms with E-state index in [1.165, 1.54) is 0 Å². The monoisotopic (exact) mass is 225 g/mol. The van der Waals surface area contributed by atoms with Crippen LogP contribution in [0.2, 0.25) is 5.02 Å². The Morgan fingerprint density at radius 1 is 1.53 bits per heavy atom. The van der Waals surface area contributed by atoms with Gasteiger partial charge in [0.2, 0.25) is 0 Å². The van der Waals surface area contributed by atoms with Gasteiger partial charge in [0.25, 0.3) is 0 Å². The standard InChI is InChI=1S/C11H12ClNO2/c12-9-4-1-3-8(7-9)11(10(14)15)5-2-6-13-11/h1,3-4,7,13H,2,5-6H2,(H,14,15)/t11-/m1/s1. The lowest BCUT2D eigenvalue weighted by Gasteiger charge is -2.25. The molecule has 15 heavy (non-hydrogen) atoms. The third-order valence-electron chi connectivity index (χ3n) is 2.84. The Morgan fingerprint density at radius 3 is 2.87 bits per heavy atom. The molecule has 3 nitrogen and oxygen atoms in total. The molecule has 1 aliphatic rings. The average Bonchev–Trinajstić information content (AvgIpc) is 2.67. The summed E-state index contributed by atoms with van der Waals surface area (Å²) >= 11 is 5.87. The molecule has 0 aromatic heterocycles. The summed E-state index contributed by atoms with van der Waals surface area (Å²) in [4.78, 5) is 11.3. The van der Waals surface area contributed by atoms with Crippen molar-refractivity contribution in [3.05, 3.63) is 34.9 Å². The maximum atomic E-state index is 11.3. The van der Waals surface area contributed by atoms with Crippen LogP contribution in [0.1, 0.15) is 18.4 Å². The summed E-state index contributed by atoms with van der Waals surface area (Å²) in [5.74, 6) is -0.831. The van der Waals surface area contributed by atoms with Gasteiger partial charge >= 0.3 is 5.97 Å².